The van der Waals surface area contributed by atoms with Crippen molar-refractivity contribution in [3.8, 4) is 0 Å². The van der Waals surface area contributed by atoms with Gasteiger partial charge in [0.1, 0.15) is 12.1 Å². The average molecular weight is 388 g/mol. The van der Waals surface area contributed by atoms with Gasteiger partial charge in [-0.3, -0.25) is 9.59 Å². The molecule has 152 valence electrons. The van der Waals surface area contributed by atoms with E-state index in [1.165, 1.54) is 4.90 Å². The van der Waals surface area contributed by atoms with E-state index >= 15 is 0 Å². The fourth-order valence-corrected chi connectivity index (χ4v) is 3.83. The number of fused-ring (bicyclic) bond motifs is 1. The molecule has 3 rings (SSSR count). The van der Waals surface area contributed by atoms with Crippen molar-refractivity contribution in [2.75, 3.05) is 26.2 Å². The highest BCUT2D eigenvalue weighted by molar-refractivity contribution is 5.98. The molecule has 0 aromatic heterocycles. The Morgan fingerprint density at radius 2 is 1.86 bits per heavy atom. The zero-order valence-electron chi connectivity index (χ0n) is 16.7. The zero-order valence-corrected chi connectivity index (χ0v) is 16.7. The predicted octanol–water partition coefficient (Wildman–Crippen LogP) is 2.88. The van der Waals surface area contributed by atoms with Gasteiger partial charge in [0.15, 0.2) is 0 Å². The van der Waals surface area contributed by atoms with E-state index in [1.807, 2.05) is 32.9 Å². The molecule has 1 N–H and O–H groups in total. The van der Waals surface area contributed by atoms with Gasteiger partial charge >= 0.3 is 12.1 Å². The van der Waals surface area contributed by atoms with Crippen molar-refractivity contribution in [3.63, 3.8) is 0 Å². The zero-order chi connectivity index (χ0) is 20.5. The summed E-state index contributed by atoms with van der Waals surface area (Å²) in [5.74, 6) is -0.939. The molecular weight excluding hydrogens is 360 g/mol. The number of carbonyl (C=O) groups is 3. The van der Waals surface area contributed by atoms with Crippen LogP contribution in [0.2, 0.25) is 0 Å². The molecule has 0 unspecified atom stereocenters. The lowest BCUT2D eigenvalue weighted by Gasteiger charge is -2.34. The molecule has 1 fully saturated rings. The molecule has 0 bridgehead atoms. The van der Waals surface area contributed by atoms with Gasteiger partial charge in [-0.1, -0.05) is 12.1 Å². The van der Waals surface area contributed by atoms with E-state index in [2.05, 4.69) is 6.07 Å². The minimum atomic E-state index is -0.998. The van der Waals surface area contributed by atoms with E-state index in [1.54, 1.807) is 4.90 Å². The lowest BCUT2D eigenvalue weighted by molar-refractivity contribution is -0.137. The highest BCUT2D eigenvalue weighted by atomic mass is 16.6. The summed E-state index contributed by atoms with van der Waals surface area (Å²) in [5, 5.41) is 8.99. The average Bonchev–Trinajstić information content (AvgIpc) is 2.62. The molecule has 7 nitrogen and oxygen atoms in total. The number of benzene rings is 1. The van der Waals surface area contributed by atoms with Gasteiger partial charge in [-0.15, -0.1) is 0 Å². The second-order valence-electron chi connectivity index (χ2n) is 8.53. The first-order valence-electron chi connectivity index (χ1n) is 9.76. The largest absolute Gasteiger partial charge is 0.480 e. The van der Waals surface area contributed by atoms with Gasteiger partial charge in [-0.25, -0.2) is 4.79 Å². The Balaban J connectivity index is 1.67. The van der Waals surface area contributed by atoms with Gasteiger partial charge in [0.05, 0.1) is 0 Å². The Morgan fingerprint density at radius 1 is 1.18 bits per heavy atom. The summed E-state index contributed by atoms with van der Waals surface area (Å²) in [6.45, 7) is 6.98. The van der Waals surface area contributed by atoms with Crippen molar-refractivity contribution >= 4 is 18.0 Å². The molecule has 0 saturated carbocycles. The third-order valence-corrected chi connectivity index (χ3v) is 5.25. The minimum absolute atomic E-state index is 0.211. The third kappa shape index (κ3) is 4.64. The predicted molar refractivity (Wildman–Crippen MR) is 103 cm³/mol. The molecule has 7 heteroatoms. The van der Waals surface area contributed by atoms with Crippen LogP contribution in [0.4, 0.5) is 4.79 Å². The van der Waals surface area contributed by atoms with E-state index in [-0.39, 0.29) is 24.5 Å². The molecule has 28 heavy (non-hydrogen) atoms. The summed E-state index contributed by atoms with van der Waals surface area (Å²) < 4.78 is 5.44. The van der Waals surface area contributed by atoms with Crippen molar-refractivity contribution in [2.45, 2.75) is 51.6 Å². The number of hydrogen-bond acceptors (Lipinski definition) is 4. The summed E-state index contributed by atoms with van der Waals surface area (Å²) in [7, 11) is 0. The van der Waals surface area contributed by atoms with E-state index in [9.17, 15) is 14.4 Å². The molecule has 0 atom stereocenters. The maximum Gasteiger partial charge on any atom is 0.410 e. The molecular formula is C21H28N2O5. The van der Waals surface area contributed by atoms with Gasteiger partial charge in [-0.2, -0.15) is 0 Å². The summed E-state index contributed by atoms with van der Waals surface area (Å²) in [6.07, 6.45) is 2.01. The number of carboxylic acid groups (broad SMARTS) is 1. The minimum Gasteiger partial charge on any atom is -0.480 e. The van der Waals surface area contributed by atoms with Gasteiger partial charge in [0.25, 0.3) is 5.91 Å². The highest BCUT2D eigenvalue weighted by Gasteiger charge is 2.30. The van der Waals surface area contributed by atoms with Crippen molar-refractivity contribution in [2.24, 2.45) is 0 Å². The van der Waals surface area contributed by atoms with Gasteiger partial charge in [0, 0.05) is 25.2 Å². The number of ether oxygens (including phenoxy) is 1. The number of piperidine rings is 1. The molecule has 2 amide bonds. The normalized spacial score (nSPS) is 18.0. The summed E-state index contributed by atoms with van der Waals surface area (Å²) in [4.78, 5) is 39.0. The quantitative estimate of drug-likeness (QED) is 0.860. The number of likely N-dealkylation sites (tertiary alicyclic amines) is 1. The molecule has 1 saturated heterocycles. The molecule has 2 aliphatic rings. The van der Waals surface area contributed by atoms with Crippen LogP contribution in [0.5, 0.6) is 0 Å². The maximum atomic E-state index is 12.7. The lowest BCUT2D eigenvalue weighted by atomic mass is 9.86. The second kappa shape index (κ2) is 7.81. The van der Waals surface area contributed by atoms with E-state index in [0.29, 0.717) is 31.6 Å². The monoisotopic (exact) mass is 388 g/mol. The van der Waals surface area contributed by atoms with Gasteiger partial charge in [0.2, 0.25) is 0 Å². The Morgan fingerprint density at radius 3 is 2.46 bits per heavy atom. The fraction of sp³-hybridized carbons (Fsp3) is 0.571. The molecule has 2 aliphatic heterocycles. The van der Waals surface area contributed by atoms with Crippen LogP contribution in [-0.2, 0) is 16.0 Å². The van der Waals surface area contributed by atoms with E-state index < -0.39 is 11.6 Å². The van der Waals surface area contributed by atoms with Crippen molar-refractivity contribution in [3.05, 3.63) is 34.9 Å². The first kappa shape index (κ1) is 20.2. The van der Waals surface area contributed by atoms with Crippen LogP contribution in [0, 0.1) is 0 Å². The summed E-state index contributed by atoms with van der Waals surface area (Å²) in [5.41, 5.74) is 2.16. The van der Waals surface area contributed by atoms with Crippen LogP contribution < -0.4 is 0 Å². The van der Waals surface area contributed by atoms with Crippen LogP contribution in [0.25, 0.3) is 0 Å². The molecule has 1 aromatic rings. The molecule has 2 heterocycles. The lowest BCUT2D eigenvalue weighted by Crippen LogP contribution is -2.42. The van der Waals surface area contributed by atoms with Crippen molar-refractivity contribution < 1.29 is 24.2 Å². The van der Waals surface area contributed by atoms with Crippen LogP contribution in [0.3, 0.4) is 0 Å². The van der Waals surface area contributed by atoms with Crippen LogP contribution in [0.1, 0.15) is 61.0 Å². The first-order valence-corrected chi connectivity index (χ1v) is 9.76. The highest BCUT2D eigenvalue weighted by Crippen LogP contribution is 2.31. The number of carbonyl (C=O) groups excluding carboxylic acids is 2. The maximum absolute atomic E-state index is 12.7. The number of hydrogen-bond donors (Lipinski definition) is 1. The number of rotatable bonds is 3. The topological polar surface area (TPSA) is 87.2 Å². The summed E-state index contributed by atoms with van der Waals surface area (Å²) in [6, 6.07) is 5.97. The smallest absolute Gasteiger partial charge is 0.410 e. The Kier molecular flexibility index (Phi) is 5.63. The third-order valence-electron chi connectivity index (χ3n) is 5.25. The molecule has 0 spiro atoms. The van der Waals surface area contributed by atoms with Crippen molar-refractivity contribution in [1.29, 1.82) is 0 Å². The second-order valence-corrected chi connectivity index (χ2v) is 8.53. The van der Waals surface area contributed by atoms with Crippen molar-refractivity contribution in [1.82, 2.24) is 9.80 Å². The Hall–Kier alpha value is -2.57. The number of aliphatic carboxylic acids is 1. The van der Waals surface area contributed by atoms with Gasteiger partial charge in [-0.05, 0) is 63.1 Å². The Labute approximate surface area is 165 Å². The number of carboxylic acids is 1. The van der Waals surface area contributed by atoms with E-state index in [0.717, 1.165) is 24.0 Å². The van der Waals surface area contributed by atoms with Crippen LogP contribution >= 0.6 is 0 Å². The van der Waals surface area contributed by atoms with Gasteiger partial charge < -0.3 is 19.6 Å². The fourth-order valence-electron chi connectivity index (χ4n) is 3.83. The standard InChI is InChI=1S/C21H28N2O5/c1-21(2,3)28-20(27)22-9-6-14(7-10-22)16-5-4-15-8-11-23(13-18(24)25)19(26)17(15)12-16/h4-5,12,14H,6-11,13H2,1-3H3,(H,24,25). The number of amides is 2. The van der Waals surface area contributed by atoms with Crippen LogP contribution in [-0.4, -0.2) is 64.7 Å². The molecule has 0 radical (unpaired) electrons. The summed E-state index contributed by atoms with van der Waals surface area (Å²) >= 11 is 0. The Bertz CT molecular complexity index is 775. The van der Waals surface area contributed by atoms with E-state index in [4.69, 9.17) is 9.84 Å². The first-order chi connectivity index (χ1) is 13.1. The molecule has 1 aromatic carbocycles. The number of nitrogens with zero attached hydrogens (tertiary/aromatic N) is 2. The SMILES string of the molecule is CC(C)(C)OC(=O)N1CCC(c2ccc3c(c2)C(=O)N(CC(=O)O)CC3)CC1. The van der Waals surface area contributed by atoms with Crippen LogP contribution in [0.15, 0.2) is 18.2 Å². The molecule has 0 aliphatic carbocycles.